The topological polar surface area (TPSA) is 29.9 Å². The fourth-order valence-electron chi connectivity index (χ4n) is 1.75. The van der Waals surface area contributed by atoms with Crippen molar-refractivity contribution in [3.05, 3.63) is 40.3 Å². The number of rotatable bonds is 6. The molecule has 2 aromatic rings. The molecule has 17 heavy (non-hydrogen) atoms. The highest BCUT2D eigenvalue weighted by Gasteiger charge is 2.07. The van der Waals surface area contributed by atoms with Gasteiger partial charge in [0, 0.05) is 34.7 Å². The summed E-state index contributed by atoms with van der Waals surface area (Å²) < 4.78 is 1.95. The van der Waals surface area contributed by atoms with Crippen LogP contribution >= 0.6 is 11.3 Å². The molecule has 2 heterocycles. The van der Waals surface area contributed by atoms with Gasteiger partial charge in [-0.1, -0.05) is 6.92 Å². The first-order chi connectivity index (χ1) is 8.29. The van der Waals surface area contributed by atoms with Crippen molar-refractivity contribution < 1.29 is 0 Å². The van der Waals surface area contributed by atoms with Crippen LogP contribution in [0.15, 0.2) is 30.6 Å². The molecule has 0 aliphatic rings. The van der Waals surface area contributed by atoms with Crippen molar-refractivity contribution in [2.24, 2.45) is 0 Å². The summed E-state index contributed by atoms with van der Waals surface area (Å²) in [5.74, 6) is 0. The third-order valence-electron chi connectivity index (χ3n) is 2.81. The minimum absolute atomic E-state index is 0.427. The first-order valence-electron chi connectivity index (χ1n) is 6.09. The second-order valence-corrected chi connectivity index (χ2v) is 5.30. The molecule has 0 aliphatic carbocycles. The van der Waals surface area contributed by atoms with Crippen molar-refractivity contribution in [3.8, 4) is 0 Å². The van der Waals surface area contributed by atoms with Crippen LogP contribution < -0.4 is 5.32 Å². The van der Waals surface area contributed by atoms with E-state index in [1.165, 1.54) is 9.75 Å². The van der Waals surface area contributed by atoms with Gasteiger partial charge in [0.1, 0.15) is 0 Å². The van der Waals surface area contributed by atoms with Crippen LogP contribution in [-0.2, 0) is 13.0 Å². The first-order valence-corrected chi connectivity index (χ1v) is 6.90. The van der Waals surface area contributed by atoms with Gasteiger partial charge in [0.25, 0.3) is 0 Å². The lowest BCUT2D eigenvalue weighted by atomic mass is 10.2. The Hall–Kier alpha value is -1.13. The molecule has 92 valence electrons. The number of nitrogens with one attached hydrogen (secondary N) is 1. The molecular weight excluding hydrogens is 230 g/mol. The van der Waals surface area contributed by atoms with Gasteiger partial charge in [0.05, 0.1) is 6.54 Å². The Morgan fingerprint density at radius 1 is 1.47 bits per heavy atom. The molecule has 0 aliphatic heterocycles. The van der Waals surface area contributed by atoms with Crippen LogP contribution in [0.3, 0.4) is 0 Å². The van der Waals surface area contributed by atoms with E-state index in [9.17, 15) is 0 Å². The molecule has 2 aromatic heterocycles. The van der Waals surface area contributed by atoms with Crippen LogP contribution in [0.4, 0.5) is 0 Å². The Kier molecular flexibility index (Phi) is 4.34. The summed E-state index contributed by atoms with van der Waals surface area (Å²) in [4.78, 5) is 2.88. The van der Waals surface area contributed by atoms with Crippen LogP contribution in [0.2, 0.25) is 0 Å². The predicted molar refractivity (Wildman–Crippen MR) is 72.3 cm³/mol. The van der Waals surface area contributed by atoms with E-state index in [0.717, 1.165) is 19.5 Å². The van der Waals surface area contributed by atoms with E-state index in [4.69, 9.17) is 0 Å². The number of thiophene rings is 1. The molecule has 0 spiro atoms. The highest BCUT2D eigenvalue weighted by Crippen LogP contribution is 2.23. The highest BCUT2D eigenvalue weighted by atomic mass is 32.1. The van der Waals surface area contributed by atoms with Gasteiger partial charge in [-0.15, -0.1) is 11.3 Å². The number of aromatic nitrogens is 2. The molecule has 0 radical (unpaired) electrons. The zero-order chi connectivity index (χ0) is 12.1. The van der Waals surface area contributed by atoms with Crippen LogP contribution in [0.5, 0.6) is 0 Å². The summed E-state index contributed by atoms with van der Waals surface area (Å²) in [6.07, 6.45) is 4.94. The maximum absolute atomic E-state index is 4.18. The summed E-state index contributed by atoms with van der Waals surface area (Å²) in [5, 5.41) is 7.71. The number of hydrogen-bond donors (Lipinski definition) is 1. The molecule has 0 saturated carbocycles. The Labute approximate surface area is 106 Å². The van der Waals surface area contributed by atoms with Gasteiger partial charge in [0.15, 0.2) is 0 Å². The Bertz CT molecular complexity index is 433. The van der Waals surface area contributed by atoms with E-state index < -0.39 is 0 Å². The molecular formula is C13H19N3S. The zero-order valence-electron chi connectivity index (χ0n) is 10.4. The molecule has 3 nitrogen and oxygen atoms in total. The van der Waals surface area contributed by atoms with Gasteiger partial charge in [-0.3, -0.25) is 4.68 Å². The molecule has 0 aromatic carbocycles. The van der Waals surface area contributed by atoms with Gasteiger partial charge < -0.3 is 5.32 Å². The number of hydrogen-bond acceptors (Lipinski definition) is 3. The third-order valence-corrected chi connectivity index (χ3v) is 4.22. The standard InChI is InChI=1S/C13H19N3S/c1-3-12-5-6-13(17-12)11(2)14-8-10-16-9-4-7-15-16/h4-7,9,11,14H,3,8,10H2,1-2H3. The third kappa shape index (κ3) is 3.41. The summed E-state index contributed by atoms with van der Waals surface area (Å²) in [6, 6.07) is 6.84. The lowest BCUT2D eigenvalue weighted by Crippen LogP contribution is -2.22. The Balaban J connectivity index is 1.78. The molecule has 2 rings (SSSR count). The lowest BCUT2D eigenvalue weighted by molar-refractivity contribution is 0.511. The van der Waals surface area contributed by atoms with Crippen molar-refractivity contribution in [1.82, 2.24) is 15.1 Å². The van der Waals surface area contributed by atoms with Gasteiger partial charge >= 0.3 is 0 Å². The molecule has 4 heteroatoms. The van der Waals surface area contributed by atoms with Gasteiger partial charge in [-0.25, -0.2) is 0 Å². The van der Waals surface area contributed by atoms with Crippen molar-refractivity contribution in [2.45, 2.75) is 32.9 Å². The van der Waals surface area contributed by atoms with Crippen molar-refractivity contribution in [3.63, 3.8) is 0 Å². The minimum atomic E-state index is 0.427. The first kappa shape index (κ1) is 12.3. The monoisotopic (exact) mass is 249 g/mol. The molecule has 1 atom stereocenters. The molecule has 0 fully saturated rings. The van der Waals surface area contributed by atoms with E-state index >= 15 is 0 Å². The van der Waals surface area contributed by atoms with E-state index in [-0.39, 0.29) is 0 Å². The molecule has 1 N–H and O–H groups in total. The summed E-state index contributed by atoms with van der Waals surface area (Å²) in [5.41, 5.74) is 0. The molecule has 0 saturated heterocycles. The number of aryl methyl sites for hydroxylation is 1. The normalized spacial score (nSPS) is 12.8. The quantitative estimate of drug-likeness (QED) is 0.853. The lowest BCUT2D eigenvalue weighted by Gasteiger charge is -2.11. The average Bonchev–Trinajstić information content (AvgIpc) is 2.99. The summed E-state index contributed by atoms with van der Waals surface area (Å²) in [6.45, 7) is 6.28. The van der Waals surface area contributed by atoms with Crippen molar-refractivity contribution >= 4 is 11.3 Å². The SMILES string of the molecule is CCc1ccc(C(C)NCCn2cccn2)s1. The summed E-state index contributed by atoms with van der Waals surface area (Å²) in [7, 11) is 0. The average molecular weight is 249 g/mol. The largest absolute Gasteiger partial charge is 0.308 e. The number of nitrogens with zero attached hydrogens (tertiary/aromatic N) is 2. The van der Waals surface area contributed by atoms with Gasteiger partial charge in [-0.2, -0.15) is 5.10 Å². The van der Waals surface area contributed by atoms with Crippen LogP contribution in [0, 0.1) is 0 Å². The molecule has 1 unspecified atom stereocenters. The van der Waals surface area contributed by atoms with Gasteiger partial charge in [-0.05, 0) is 31.5 Å². The minimum Gasteiger partial charge on any atom is -0.308 e. The maximum atomic E-state index is 4.18. The van der Waals surface area contributed by atoms with E-state index in [1.54, 1.807) is 0 Å². The fourth-order valence-corrected chi connectivity index (χ4v) is 2.73. The van der Waals surface area contributed by atoms with Crippen LogP contribution in [-0.4, -0.2) is 16.3 Å². The fraction of sp³-hybridized carbons (Fsp3) is 0.462. The second-order valence-electron chi connectivity index (χ2n) is 4.10. The van der Waals surface area contributed by atoms with Crippen molar-refractivity contribution in [1.29, 1.82) is 0 Å². The Morgan fingerprint density at radius 2 is 2.35 bits per heavy atom. The molecule has 0 amide bonds. The predicted octanol–water partition coefficient (Wildman–Crippen LogP) is 2.86. The van der Waals surface area contributed by atoms with E-state index in [0.29, 0.717) is 6.04 Å². The van der Waals surface area contributed by atoms with E-state index in [1.807, 2.05) is 34.5 Å². The highest BCUT2D eigenvalue weighted by molar-refractivity contribution is 7.12. The van der Waals surface area contributed by atoms with Crippen LogP contribution in [0.1, 0.15) is 29.6 Å². The van der Waals surface area contributed by atoms with E-state index in [2.05, 4.69) is 36.4 Å². The Morgan fingerprint density at radius 3 is 3.00 bits per heavy atom. The van der Waals surface area contributed by atoms with Crippen molar-refractivity contribution in [2.75, 3.05) is 6.54 Å². The summed E-state index contributed by atoms with van der Waals surface area (Å²) >= 11 is 1.90. The van der Waals surface area contributed by atoms with Gasteiger partial charge in [0.2, 0.25) is 0 Å². The smallest absolute Gasteiger partial charge is 0.0534 e. The maximum Gasteiger partial charge on any atom is 0.0534 e. The van der Waals surface area contributed by atoms with Crippen LogP contribution in [0.25, 0.3) is 0 Å². The second kappa shape index (κ2) is 5.98. The molecule has 0 bridgehead atoms. The zero-order valence-corrected chi connectivity index (χ0v) is 11.2.